The molecule has 1 fully saturated rings. The third-order valence-electron chi connectivity index (χ3n) is 3.96. The SMILES string of the molecule is CCC1CCC(N(C)c2nnc(SCC(=O)O)s2)CC1. The molecule has 1 aliphatic rings. The number of carbonyl (C=O) groups is 1. The molecule has 0 bridgehead atoms. The van der Waals surface area contributed by atoms with Crippen LogP contribution in [0.15, 0.2) is 4.34 Å². The van der Waals surface area contributed by atoms with Gasteiger partial charge >= 0.3 is 5.97 Å². The summed E-state index contributed by atoms with van der Waals surface area (Å²) < 4.78 is 0.733. The molecule has 0 aliphatic heterocycles. The van der Waals surface area contributed by atoms with Crippen molar-refractivity contribution in [3.05, 3.63) is 0 Å². The van der Waals surface area contributed by atoms with Gasteiger partial charge in [0.2, 0.25) is 5.13 Å². The number of hydrogen-bond donors (Lipinski definition) is 1. The zero-order chi connectivity index (χ0) is 14.5. The first kappa shape index (κ1) is 15.6. The second-order valence-corrected chi connectivity index (χ2v) is 7.41. The first-order valence-corrected chi connectivity index (χ1v) is 8.81. The van der Waals surface area contributed by atoms with Crippen LogP contribution in [0.25, 0.3) is 0 Å². The van der Waals surface area contributed by atoms with Gasteiger partial charge in [0.25, 0.3) is 0 Å². The van der Waals surface area contributed by atoms with Crippen LogP contribution >= 0.6 is 23.1 Å². The molecule has 1 saturated carbocycles. The fraction of sp³-hybridized carbons (Fsp3) is 0.769. The summed E-state index contributed by atoms with van der Waals surface area (Å²) in [6.07, 6.45) is 6.31. The molecule has 0 aromatic carbocycles. The summed E-state index contributed by atoms with van der Waals surface area (Å²) in [5.41, 5.74) is 0. The fourth-order valence-corrected chi connectivity index (χ4v) is 4.22. The maximum absolute atomic E-state index is 10.5. The summed E-state index contributed by atoms with van der Waals surface area (Å²) >= 11 is 2.72. The summed E-state index contributed by atoms with van der Waals surface area (Å²) in [4.78, 5) is 12.8. The van der Waals surface area contributed by atoms with Crippen molar-refractivity contribution in [2.45, 2.75) is 49.4 Å². The van der Waals surface area contributed by atoms with Gasteiger partial charge in [0.05, 0.1) is 5.75 Å². The number of aliphatic carboxylic acids is 1. The van der Waals surface area contributed by atoms with E-state index in [1.54, 1.807) is 0 Å². The molecule has 0 unspecified atom stereocenters. The highest BCUT2D eigenvalue weighted by Crippen LogP contribution is 2.33. The van der Waals surface area contributed by atoms with Gasteiger partial charge in [0.15, 0.2) is 4.34 Å². The minimum absolute atomic E-state index is 0.0416. The number of nitrogens with zero attached hydrogens (tertiary/aromatic N) is 3. The normalized spacial score (nSPS) is 22.7. The summed E-state index contributed by atoms with van der Waals surface area (Å²) in [7, 11) is 2.07. The van der Waals surface area contributed by atoms with E-state index in [2.05, 4.69) is 29.1 Å². The lowest BCUT2D eigenvalue weighted by atomic mass is 9.84. The molecule has 20 heavy (non-hydrogen) atoms. The number of carboxylic acids is 1. The molecule has 1 N–H and O–H groups in total. The first-order valence-electron chi connectivity index (χ1n) is 7.01. The highest BCUT2D eigenvalue weighted by molar-refractivity contribution is 8.01. The van der Waals surface area contributed by atoms with Gasteiger partial charge in [-0.15, -0.1) is 10.2 Å². The number of rotatable bonds is 6. The minimum Gasteiger partial charge on any atom is -0.481 e. The highest BCUT2D eigenvalue weighted by atomic mass is 32.2. The lowest BCUT2D eigenvalue weighted by Gasteiger charge is -2.33. The predicted octanol–water partition coefficient (Wildman–Crippen LogP) is 3.12. The van der Waals surface area contributed by atoms with E-state index in [4.69, 9.17) is 5.11 Å². The van der Waals surface area contributed by atoms with Gasteiger partial charge in [0, 0.05) is 13.1 Å². The van der Waals surface area contributed by atoms with Gasteiger partial charge in [-0.25, -0.2) is 0 Å². The first-order chi connectivity index (χ1) is 9.60. The lowest BCUT2D eigenvalue weighted by Crippen LogP contribution is -2.35. The second kappa shape index (κ2) is 7.26. The average molecular weight is 315 g/mol. The number of hydrogen-bond acceptors (Lipinski definition) is 6. The van der Waals surface area contributed by atoms with Gasteiger partial charge < -0.3 is 10.0 Å². The Kier molecular flexibility index (Phi) is 5.65. The van der Waals surface area contributed by atoms with Gasteiger partial charge in [0.1, 0.15) is 0 Å². The van der Waals surface area contributed by atoms with Crippen molar-refractivity contribution in [1.29, 1.82) is 0 Å². The molecule has 1 aromatic heterocycles. The molecule has 0 atom stereocenters. The molecule has 7 heteroatoms. The van der Waals surface area contributed by atoms with Gasteiger partial charge in [-0.05, 0) is 31.6 Å². The van der Waals surface area contributed by atoms with Crippen LogP contribution in [-0.2, 0) is 4.79 Å². The van der Waals surface area contributed by atoms with Crippen molar-refractivity contribution >= 4 is 34.2 Å². The van der Waals surface area contributed by atoms with E-state index in [1.807, 2.05) is 0 Å². The summed E-state index contributed by atoms with van der Waals surface area (Å²) in [6.45, 7) is 2.27. The standard InChI is InChI=1S/C13H21N3O2S2/c1-3-9-4-6-10(7-5-9)16(2)12-14-15-13(20-12)19-8-11(17)18/h9-10H,3-8H2,1-2H3,(H,17,18). The molecular formula is C13H21N3O2S2. The molecule has 1 aliphatic carbocycles. The lowest BCUT2D eigenvalue weighted by molar-refractivity contribution is -0.133. The Morgan fingerprint density at radius 3 is 2.70 bits per heavy atom. The molecule has 0 radical (unpaired) electrons. The Morgan fingerprint density at radius 2 is 2.10 bits per heavy atom. The van der Waals surface area contributed by atoms with Crippen LogP contribution in [0.5, 0.6) is 0 Å². The average Bonchev–Trinajstić information content (AvgIpc) is 2.93. The molecule has 1 aromatic rings. The molecule has 1 heterocycles. The van der Waals surface area contributed by atoms with Crippen molar-refractivity contribution in [1.82, 2.24) is 10.2 Å². The van der Waals surface area contributed by atoms with Gasteiger partial charge in [-0.1, -0.05) is 36.4 Å². The third kappa shape index (κ3) is 4.09. The Bertz CT molecular complexity index is 445. The number of thioether (sulfide) groups is 1. The number of anilines is 1. The molecule has 0 amide bonds. The summed E-state index contributed by atoms with van der Waals surface area (Å²) in [5.74, 6) is 0.105. The Balaban J connectivity index is 1.89. The van der Waals surface area contributed by atoms with Crippen LogP contribution in [0.4, 0.5) is 5.13 Å². The van der Waals surface area contributed by atoms with Crippen LogP contribution in [0.2, 0.25) is 0 Å². The van der Waals surface area contributed by atoms with E-state index in [0.29, 0.717) is 6.04 Å². The van der Waals surface area contributed by atoms with E-state index in [1.165, 1.54) is 55.2 Å². The highest BCUT2D eigenvalue weighted by Gasteiger charge is 2.25. The Hall–Kier alpha value is -0.820. The van der Waals surface area contributed by atoms with E-state index >= 15 is 0 Å². The largest absolute Gasteiger partial charge is 0.481 e. The fourth-order valence-electron chi connectivity index (χ4n) is 2.62. The Morgan fingerprint density at radius 1 is 1.40 bits per heavy atom. The molecule has 0 spiro atoms. The van der Waals surface area contributed by atoms with Crippen molar-refractivity contribution in [2.24, 2.45) is 5.92 Å². The van der Waals surface area contributed by atoms with Gasteiger partial charge in [-0.2, -0.15) is 0 Å². The van der Waals surface area contributed by atoms with Crippen LogP contribution in [0, 0.1) is 5.92 Å². The third-order valence-corrected chi connectivity index (χ3v) is 6.09. The smallest absolute Gasteiger partial charge is 0.313 e. The van der Waals surface area contributed by atoms with E-state index in [0.717, 1.165) is 15.4 Å². The zero-order valence-electron chi connectivity index (χ0n) is 11.9. The number of aromatic nitrogens is 2. The van der Waals surface area contributed by atoms with E-state index in [-0.39, 0.29) is 5.75 Å². The van der Waals surface area contributed by atoms with Gasteiger partial charge in [-0.3, -0.25) is 4.79 Å². The topological polar surface area (TPSA) is 66.3 Å². The predicted molar refractivity (Wildman–Crippen MR) is 82.7 cm³/mol. The maximum Gasteiger partial charge on any atom is 0.313 e. The monoisotopic (exact) mass is 315 g/mol. The zero-order valence-corrected chi connectivity index (χ0v) is 13.5. The summed E-state index contributed by atoms with van der Waals surface area (Å²) in [5, 5.41) is 17.8. The van der Waals surface area contributed by atoms with Crippen molar-refractivity contribution in [3.63, 3.8) is 0 Å². The van der Waals surface area contributed by atoms with Crippen molar-refractivity contribution < 1.29 is 9.90 Å². The molecule has 2 rings (SSSR count). The van der Waals surface area contributed by atoms with Crippen LogP contribution in [-0.4, -0.2) is 40.1 Å². The molecule has 0 saturated heterocycles. The number of carboxylic acid groups (broad SMARTS) is 1. The van der Waals surface area contributed by atoms with Crippen molar-refractivity contribution in [2.75, 3.05) is 17.7 Å². The summed E-state index contributed by atoms with van der Waals surface area (Å²) in [6, 6.07) is 0.545. The second-order valence-electron chi connectivity index (χ2n) is 5.23. The van der Waals surface area contributed by atoms with Crippen LogP contribution < -0.4 is 4.90 Å². The minimum atomic E-state index is -0.821. The Labute approximate surface area is 127 Å². The van der Waals surface area contributed by atoms with Crippen LogP contribution in [0.1, 0.15) is 39.0 Å². The molecule has 112 valence electrons. The van der Waals surface area contributed by atoms with E-state index in [9.17, 15) is 4.79 Å². The quantitative estimate of drug-likeness (QED) is 0.814. The molecular weight excluding hydrogens is 294 g/mol. The van der Waals surface area contributed by atoms with Crippen LogP contribution in [0.3, 0.4) is 0 Å². The van der Waals surface area contributed by atoms with E-state index < -0.39 is 5.97 Å². The molecule has 5 nitrogen and oxygen atoms in total. The van der Waals surface area contributed by atoms with Crippen molar-refractivity contribution in [3.8, 4) is 0 Å². The maximum atomic E-state index is 10.5.